The average molecular weight is 270 g/mol. The highest BCUT2D eigenvalue weighted by Crippen LogP contribution is 2.25. The minimum atomic E-state index is -0.929. The summed E-state index contributed by atoms with van der Waals surface area (Å²) in [6.45, 7) is 0. The van der Waals surface area contributed by atoms with E-state index in [1.165, 1.54) is 19.3 Å². The zero-order valence-electron chi connectivity index (χ0n) is 11.3. The molecule has 0 radical (unpaired) electrons. The van der Waals surface area contributed by atoms with E-state index < -0.39 is 5.97 Å². The summed E-state index contributed by atoms with van der Waals surface area (Å²) in [6.07, 6.45) is 5.86. The molecule has 3 rings (SSSR count). The number of para-hydroxylation sites is 1. The van der Waals surface area contributed by atoms with Crippen LogP contribution in [0.2, 0.25) is 0 Å². The van der Waals surface area contributed by atoms with Crippen molar-refractivity contribution >= 4 is 22.7 Å². The van der Waals surface area contributed by atoms with Gasteiger partial charge >= 0.3 is 5.97 Å². The lowest BCUT2D eigenvalue weighted by atomic mass is 9.95. The van der Waals surface area contributed by atoms with Crippen LogP contribution in [0.4, 0.5) is 5.82 Å². The molecule has 1 saturated carbocycles. The molecule has 2 aromatic rings. The molecule has 1 fully saturated rings. The summed E-state index contributed by atoms with van der Waals surface area (Å²) in [6, 6.07) is 9.65. The maximum atomic E-state index is 11.4. The number of carboxylic acid groups (broad SMARTS) is 1. The van der Waals surface area contributed by atoms with Crippen molar-refractivity contribution in [2.24, 2.45) is 0 Å². The molecule has 1 aliphatic rings. The number of nitrogens with one attached hydrogen (secondary N) is 1. The number of anilines is 1. The topological polar surface area (TPSA) is 62.2 Å². The van der Waals surface area contributed by atoms with Crippen LogP contribution < -0.4 is 5.32 Å². The number of rotatable bonds is 3. The van der Waals surface area contributed by atoms with Crippen molar-refractivity contribution < 1.29 is 9.90 Å². The Hall–Kier alpha value is -2.10. The van der Waals surface area contributed by atoms with Crippen molar-refractivity contribution in [3.8, 4) is 0 Å². The zero-order valence-corrected chi connectivity index (χ0v) is 11.3. The first-order valence-electron chi connectivity index (χ1n) is 7.13. The first-order chi connectivity index (χ1) is 9.74. The van der Waals surface area contributed by atoms with E-state index in [0.29, 0.717) is 11.9 Å². The van der Waals surface area contributed by atoms with Crippen molar-refractivity contribution in [3.63, 3.8) is 0 Å². The number of benzene rings is 1. The first-order valence-corrected chi connectivity index (χ1v) is 7.13. The van der Waals surface area contributed by atoms with Gasteiger partial charge in [-0.3, -0.25) is 0 Å². The molecule has 0 aliphatic heterocycles. The Morgan fingerprint density at radius 3 is 2.70 bits per heavy atom. The predicted molar refractivity (Wildman–Crippen MR) is 79.2 cm³/mol. The first kappa shape index (κ1) is 12.9. The number of aromatic nitrogens is 1. The van der Waals surface area contributed by atoms with Crippen LogP contribution in [0, 0.1) is 0 Å². The summed E-state index contributed by atoms with van der Waals surface area (Å²) in [5.74, 6) is -0.426. The van der Waals surface area contributed by atoms with Crippen LogP contribution in [0.3, 0.4) is 0 Å². The van der Waals surface area contributed by atoms with Crippen LogP contribution in [0.15, 0.2) is 30.3 Å². The van der Waals surface area contributed by atoms with Gasteiger partial charge < -0.3 is 10.4 Å². The fourth-order valence-corrected chi connectivity index (χ4v) is 2.83. The summed E-state index contributed by atoms with van der Waals surface area (Å²) in [5.41, 5.74) is 1.09. The number of fused-ring (bicyclic) bond motifs is 1. The van der Waals surface area contributed by atoms with E-state index in [-0.39, 0.29) is 5.56 Å². The van der Waals surface area contributed by atoms with E-state index in [9.17, 15) is 9.90 Å². The van der Waals surface area contributed by atoms with Crippen molar-refractivity contribution in [1.29, 1.82) is 0 Å². The molecular weight excluding hydrogens is 252 g/mol. The number of nitrogens with zero attached hydrogens (tertiary/aromatic N) is 1. The van der Waals surface area contributed by atoms with Gasteiger partial charge in [-0.25, -0.2) is 9.78 Å². The van der Waals surface area contributed by atoms with Crippen LogP contribution >= 0.6 is 0 Å². The molecule has 20 heavy (non-hydrogen) atoms. The summed E-state index contributed by atoms with van der Waals surface area (Å²) in [7, 11) is 0. The van der Waals surface area contributed by atoms with Crippen LogP contribution in [0.1, 0.15) is 42.5 Å². The fraction of sp³-hybridized carbons (Fsp3) is 0.375. The fourth-order valence-electron chi connectivity index (χ4n) is 2.83. The van der Waals surface area contributed by atoms with Gasteiger partial charge in [0, 0.05) is 11.4 Å². The van der Waals surface area contributed by atoms with Crippen LogP contribution in [-0.2, 0) is 0 Å². The molecule has 0 saturated heterocycles. The number of hydrogen-bond donors (Lipinski definition) is 2. The predicted octanol–water partition coefficient (Wildman–Crippen LogP) is 3.68. The van der Waals surface area contributed by atoms with Crippen molar-refractivity contribution in [2.45, 2.75) is 38.1 Å². The summed E-state index contributed by atoms with van der Waals surface area (Å²) >= 11 is 0. The zero-order chi connectivity index (χ0) is 13.9. The third kappa shape index (κ3) is 2.59. The van der Waals surface area contributed by atoms with Gasteiger partial charge in [0.2, 0.25) is 0 Å². The summed E-state index contributed by atoms with van der Waals surface area (Å²) in [5, 5.41) is 13.6. The van der Waals surface area contributed by atoms with Crippen LogP contribution in [-0.4, -0.2) is 22.1 Å². The largest absolute Gasteiger partial charge is 0.478 e. The van der Waals surface area contributed by atoms with Crippen molar-refractivity contribution in [2.75, 3.05) is 5.32 Å². The van der Waals surface area contributed by atoms with E-state index in [1.54, 1.807) is 6.07 Å². The Kier molecular flexibility index (Phi) is 3.54. The molecule has 0 amide bonds. The van der Waals surface area contributed by atoms with E-state index in [1.807, 2.05) is 24.3 Å². The van der Waals surface area contributed by atoms with E-state index in [0.717, 1.165) is 23.7 Å². The van der Waals surface area contributed by atoms with E-state index in [4.69, 9.17) is 0 Å². The van der Waals surface area contributed by atoms with E-state index >= 15 is 0 Å². The standard InChI is InChI=1S/C16H18N2O2/c19-16(20)13-10-11-6-4-5-9-14(11)18-15(13)17-12-7-2-1-3-8-12/h4-6,9-10,12H,1-3,7-8H2,(H,17,18)(H,19,20). The highest BCUT2D eigenvalue weighted by Gasteiger charge is 2.18. The minimum Gasteiger partial charge on any atom is -0.478 e. The average Bonchev–Trinajstić information content (AvgIpc) is 2.47. The van der Waals surface area contributed by atoms with Gasteiger partial charge in [-0.05, 0) is 25.0 Å². The van der Waals surface area contributed by atoms with Gasteiger partial charge in [-0.1, -0.05) is 37.5 Å². The summed E-state index contributed by atoms with van der Waals surface area (Å²) in [4.78, 5) is 15.9. The Morgan fingerprint density at radius 1 is 1.20 bits per heavy atom. The SMILES string of the molecule is O=C(O)c1cc2ccccc2nc1NC1CCCCC1. The molecule has 0 unspecified atom stereocenters. The van der Waals surface area contributed by atoms with Gasteiger partial charge in [-0.15, -0.1) is 0 Å². The molecule has 1 aromatic carbocycles. The molecule has 4 heteroatoms. The van der Waals surface area contributed by atoms with Crippen LogP contribution in [0.25, 0.3) is 10.9 Å². The second-order valence-corrected chi connectivity index (χ2v) is 5.36. The monoisotopic (exact) mass is 270 g/mol. The number of pyridine rings is 1. The molecule has 1 aliphatic carbocycles. The van der Waals surface area contributed by atoms with Gasteiger partial charge in [-0.2, -0.15) is 0 Å². The Bertz CT molecular complexity index is 633. The van der Waals surface area contributed by atoms with Gasteiger partial charge in [0.1, 0.15) is 11.4 Å². The second kappa shape index (κ2) is 5.49. The highest BCUT2D eigenvalue weighted by atomic mass is 16.4. The summed E-state index contributed by atoms with van der Waals surface area (Å²) < 4.78 is 0. The molecular formula is C16H18N2O2. The van der Waals surface area contributed by atoms with Crippen molar-refractivity contribution in [3.05, 3.63) is 35.9 Å². The normalized spacial score (nSPS) is 16.2. The lowest BCUT2D eigenvalue weighted by Crippen LogP contribution is -2.24. The lowest BCUT2D eigenvalue weighted by molar-refractivity contribution is 0.0697. The second-order valence-electron chi connectivity index (χ2n) is 5.36. The van der Waals surface area contributed by atoms with Gasteiger partial charge in [0.25, 0.3) is 0 Å². The molecule has 1 heterocycles. The number of carboxylic acids is 1. The number of carbonyl (C=O) groups is 1. The Labute approximate surface area is 117 Å². The number of hydrogen-bond acceptors (Lipinski definition) is 3. The third-order valence-electron chi connectivity index (χ3n) is 3.90. The molecule has 0 bridgehead atoms. The van der Waals surface area contributed by atoms with Gasteiger partial charge in [0.05, 0.1) is 5.52 Å². The molecule has 0 atom stereocenters. The number of aromatic carboxylic acids is 1. The van der Waals surface area contributed by atoms with Crippen LogP contribution in [0.5, 0.6) is 0 Å². The smallest absolute Gasteiger partial charge is 0.339 e. The Balaban J connectivity index is 1.98. The maximum absolute atomic E-state index is 11.4. The quantitative estimate of drug-likeness (QED) is 0.893. The van der Waals surface area contributed by atoms with Gasteiger partial charge in [0.15, 0.2) is 0 Å². The third-order valence-corrected chi connectivity index (χ3v) is 3.90. The Morgan fingerprint density at radius 2 is 1.95 bits per heavy atom. The van der Waals surface area contributed by atoms with Crippen molar-refractivity contribution in [1.82, 2.24) is 4.98 Å². The lowest BCUT2D eigenvalue weighted by Gasteiger charge is -2.24. The minimum absolute atomic E-state index is 0.259. The highest BCUT2D eigenvalue weighted by molar-refractivity contribution is 5.98. The molecule has 2 N–H and O–H groups in total. The molecule has 1 aromatic heterocycles. The van der Waals surface area contributed by atoms with E-state index in [2.05, 4.69) is 10.3 Å². The maximum Gasteiger partial charge on any atom is 0.339 e. The molecule has 0 spiro atoms. The molecule has 104 valence electrons. The molecule has 4 nitrogen and oxygen atoms in total.